The summed E-state index contributed by atoms with van der Waals surface area (Å²) in [4.78, 5) is 0. The summed E-state index contributed by atoms with van der Waals surface area (Å²) >= 11 is 0. The summed E-state index contributed by atoms with van der Waals surface area (Å²) < 4.78 is 24.0. The van der Waals surface area contributed by atoms with Crippen molar-refractivity contribution in [2.45, 2.75) is 38.1 Å². The van der Waals surface area contributed by atoms with Crippen LogP contribution in [0.2, 0.25) is 0 Å². The van der Waals surface area contributed by atoms with Gasteiger partial charge in [-0.15, -0.1) is 0 Å². The zero-order valence-corrected chi connectivity index (χ0v) is 16.7. The number of aliphatic hydroxyl groups excluding tert-OH is 1. The lowest BCUT2D eigenvalue weighted by molar-refractivity contribution is 0.0942. The number of methoxy groups -OCH3 is 1. The minimum Gasteiger partial charge on any atom is -0.496 e. The van der Waals surface area contributed by atoms with Gasteiger partial charge in [0.1, 0.15) is 41.8 Å². The first-order valence-corrected chi connectivity index (χ1v) is 9.80. The van der Waals surface area contributed by atoms with Crippen LogP contribution < -0.4 is 18.9 Å². The van der Waals surface area contributed by atoms with E-state index in [2.05, 4.69) is 13.2 Å². The molecular formula is C24H24O5. The maximum Gasteiger partial charge on any atom is 0.144 e. The third kappa shape index (κ3) is 2.64. The molecule has 3 aliphatic heterocycles. The maximum absolute atomic E-state index is 9.62. The number of benzene rings is 2. The molecule has 5 rings (SSSR count). The lowest BCUT2D eigenvalue weighted by Crippen LogP contribution is -2.39. The molecule has 2 aromatic carbocycles. The van der Waals surface area contributed by atoms with E-state index in [1.54, 1.807) is 7.11 Å². The molecule has 29 heavy (non-hydrogen) atoms. The third-order valence-electron chi connectivity index (χ3n) is 6.11. The summed E-state index contributed by atoms with van der Waals surface area (Å²) in [5, 5.41) is 9.62. The predicted molar refractivity (Wildman–Crippen MR) is 110 cm³/mol. The highest BCUT2D eigenvalue weighted by molar-refractivity contribution is 5.80. The zero-order valence-electron chi connectivity index (χ0n) is 16.7. The van der Waals surface area contributed by atoms with E-state index in [0.29, 0.717) is 17.9 Å². The number of rotatable bonds is 3. The van der Waals surface area contributed by atoms with Crippen LogP contribution in [0.15, 0.2) is 43.0 Å². The van der Waals surface area contributed by atoms with Gasteiger partial charge in [0, 0.05) is 28.7 Å². The molecule has 0 saturated carbocycles. The maximum atomic E-state index is 9.62. The van der Waals surface area contributed by atoms with Crippen LogP contribution in [0.1, 0.15) is 35.1 Å². The molecule has 5 heteroatoms. The van der Waals surface area contributed by atoms with Crippen molar-refractivity contribution in [1.82, 2.24) is 0 Å². The predicted octanol–water partition coefficient (Wildman–Crippen LogP) is 4.02. The molecule has 3 aliphatic rings. The number of hydrogen-bond acceptors (Lipinski definition) is 5. The minimum atomic E-state index is -0.178. The molecule has 0 unspecified atom stereocenters. The second kappa shape index (κ2) is 6.56. The molecule has 0 fully saturated rings. The summed E-state index contributed by atoms with van der Waals surface area (Å²) in [6.07, 6.45) is 0.557. The molecule has 2 aromatic rings. The highest BCUT2D eigenvalue weighted by Gasteiger charge is 2.42. The minimum absolute atomic E-state index is 0.0180. The fourth-order valence-electron chi connectivity index (χ4n) is 4.56. The normalized spacial score (nSPS) is 23.6. The Morgan fingerprint density at radius 1 is 1.24 bits per heavy atom. The largest absolute Gasteiger partial charge is 0.496 e. The molecule has 3 heterocycles. The Hall–Kier alpha value is -2.92. The molecule has 0 amide bonds. The van der Waals surface area contributed by atoms with Gasteiger partial charge in [-0.05, 0) is 42.3 Å². The Morgan fingerprint density at radius 3 is 2.79 bits per heavy atom. The van der Waals surface area contributed by atoms with Gasteiger partial charge in [0.25, 0.3) is 0 Å². The number of hydrogen-bond donors (Lipinski definition) is 1. The van der Waals surface area contributed by atoms with Gasteiger partial charge in [-0.2, -0.15) is 0 Å². The summed E-state index contributed by atoms with van der Waals surface area (Å²) in [6, 6.07) is 7.82. The van der Waals surface area contributed by atoms with Crippen molar-refractivity contribution in [3.63, 3.8) is 0 Å². The van der Waals surface area contributed by atoms with Crippen LogP contribution in [0.5, 0.6) is 23.0 Å². The van der Waals surface area contributed by atoms with E-state index < -0.39 is 0 Å². The average molecular weight is 392 g/mol. The van der Waals surface area contributed by atoms with Gasteiger partial charge in [-0.1, -0.05) is 13.2 Å². The van der Waals surface area contributed by atoms with E-state index in [4.69, 9.17) is 18.9 Å². The quantitative estimate of drug-likeness (QED) is 0.800. The molecule has 0 saturated heterocycles. The van der Waals surface area contributed by atoms with Crippen molar-refractivity contribution >= 4 is 5.57 Å². The Morgan fingerprint density at radius 2 is 2.07 bits per heavy atom. The molecule has 0 bridgehead atoms. The van der Waals surface area contributed by atoms with Gasteiger partial charge in [0.05, 0.1) is 19.6 Å². The average Bonchev–Trinajstić information content (AvgIpc) is 3.17. The van der Waals surface area contributed by atoms with E-state index in [0.717, 1.165) is 51.5 Å². The molecule has 0 spiro atoms. The molecule has 150 valence electrons. The standard InChI is InChI=1S/C24H24O5/c1-12(2)19-9-17-18(28-19)6-5-15-13(3)23-16-8-20(26-4)14(10-25)7-21(16)27-11-22(23)29-24(15)17/h5-8,19,22-23,25H,1,3,9-11H2,2,4H3/t19-,22-,23+/m1/s1. The first-order valence-electron chi connectivity index (χ1n) is 9.80. The van der Waals surface area contributed by atoms with Crippen LogP contribution in [-0.2, 0) is 13.0 Å². The van der Waals surface area contributed by atoms with Crippen molar-refractivity contribution in [1.29, 1.82) is 0 Å². The van der Waals surface area contributed by atoms with Crippen LogP contribution in [0.25, 0.3) is 5.57 Å². The molecule has 1 N–H and O–H groups in total. The van der Waals surface area contributed by atoms with Crippen molar-refractivity contribution < 1.29 is 24.1 Å². The lowest BCUT2D eigenvalue weighted by Gasteiger charge is -2.40. The second-order valence-corrected chi connectivity index (χ2v) is 7.91. The fourth-order valence-corrected chi connectivity index (χ4v) is 4.56. The van der Waals surface area contributed by atoms with Crippen molar-refractivity contribution in [2.24, 2.45) is 0 Å². The molecule has 0 radical (unpaired) electrons. The molecule has 0 aliphatic carbocycles. The summed E-state index contributed by atoms with van der Waals surface area (Å²) in [5.41, 5.74) is 5.77. The monoisotopic (exact) mass is 392 g/mol. The highest BCUT2D eigenvalue weighted by atomic mass is 16.5. The summed E-state index contributed by atoms with van der Waals surface area (Å²) in [5.74, 6) is 3.06. The van der Waals surface area contributed by atoms with E-state index in [1.807, 2.05) is 31.2 Å². The SMILES string of the molecule is C=C(C)[C@H]1Cc2c(ccc3c2O[C@@H]2COc4cc(CO)c(OC)cc4[C@@H]2C3=C)O1. The molecular weight excluding hydrogens is 368 g/mol. The van der Waals surface area contributed by atoms with Gasteiger partial charge in [0.15, 0.2) is 0 Å². The smallest absolute Gasteiger partial charge is 0.144 e. The van der Waals surface area contributed by atoms with E-state index in [1.165, 1.54) is 0 Å². The third-order valence-corrected chi connectivity index (χ3v) is 6.11. The molecule has 0 aromatic heterocycles. The Labute approximate surface area is 170 Å². The van der Waals surface area contributed by atoms with Crippen molar-refractivity contribution in [3.05, 3.63) is 65.3 Å². The van der Waals surface area contributed by atoms with Crippen LogP contribution >= 0.6 is 0 Å². The van der Waals surface area contributed by atoms with Crippen LogP contribution in [0, 0.1) is 0 Å². The highest BCUT2D eigenvalue weighted by Crippen LogP contribution is 2.53. The first-order chi connectivity index (χ1) is 14.0. The fraction of sp³-hybridized carbons (Fsp3) is 0.333. The molecule has 5 nitrogen and oxygen atoms in total. The van der Waals surface area contributed by atoms with Gasteiger partial charge in [-0.25, -0.2) is 0 Å². The second-order valence-electron chi connectivity index (χ2n) is 7.91. The van der Waals surface area contributed by atoms with Gasteiger partial charge >= 0.3 is 0 Å². The first kappa shape index (κ1) is 18.1. The summed E-state index contributed by atoms with van der Waals surface area (Å²) in [6.45, 7) is 10.8. The lowest BCUT2D eigenvalue weighted by atomic mass is 9.78. The number of fused-ring (bicyclic) bond motifs is 6. The molecule has 3 atom stereocenters. The Kier molecular flexibility index (Phi) is 4.10. The van der Waals surface area contributed by atoms with Crippen LogP contribution in [0.4, 0.5) is 0 Å². The van der Waals surface area contributed by atoms with Gasteiger partial charge < -0.3 is 24.1 Å². The number of aliphatic hydroxyl groups is 1. The van der Waals surface area contributed by atoms with E-state index in [9.17, 15) is 5.11 Å². The Balaban J connectivity index is 1.58. The zero-order chi connectivity index (χ0) is 20.3. The van der Waals surface area contributed by atoms with Gasteiger partial charge in [0.2, 0.25) is 0 Å². The van der Waals surface area contributed by atoms with E-state index >= 15 is 0 Å². The number of ether oxygens (including phenoxy) is 4. The Bertz CT molecular complexity index is 1040. The van der Waals surface area contributed by atoms with Crippen molar-refractivity contribution in [2.75, 3.05) is 13.7 Å². The van der Waals surface area contributed by atoms with Crippen LogP contribution in [0.3, 0.4) is 0 Å². The topological polar surface area (TPSA) is 57.2 Å². The summed E-state index contributed by atoms with van der Waals surface area (Å²) in [7, 11) is 1.60. The van der Waals surface area contributed by atoms with Crippen LogP contribution in [-0.4, -0.2) is 31.0 Å². The van der Waals surface area contributed by atoms with Gasteiger partial charge in [-0.3, -0.25) is 0 Å². The van der Waals surface area contributed by atoms with Crippen molar-refractivity contribution in [3.8, 4) is 23.0 Å². The van der Waals surface area contributed by atoms with E-state index in [-0.39, 0.29) is 24.7 Å².